The zero-order valence-corrected chi connectivity index (χ0v) is 21.8. The monoisotopic (exact) mass is 503 g/mol. The van der Waals surface area contributed by atoms with Crippen LogP contribution in [0.3, 0.4) is 0 Å². The van der Waals surface area contributed by atoms with E-state index in [4.69, 9.17) is 0 Å². The third kappa shape index (κ3) is 4.70. The Hall–Kier alpha value is -3.96. The lowest BCUT2D eigenvalue weighted by Crippen LogP contribution is -2.30. The number of aryl methyl sites for hydroxylation is 3. The fourth-order valence-electron chi connectivity index (χ4n) is 6.15. The highest BCUT2D eigenvalue weighted by atomic mass is 16.4. The van der Waals surface area contributed by atoms with Crippen molar-refractivity contribution in [3.8, 4) is 11.1 Å². The van der Waals surface area contributed by atoms with Crippen molar-refractivity contribution in [2.75, 3.05) is 18.0 Å². The number of aromatic nitrogens is 1. The van der Waals surface area contributed by atoms with Crippen LogP contribution in [0.15, 0.2) is 79.1 Å². The van der Waals surface area contributed by atoms with Gasteiger partial charge in [0.1, 0.15) is 0 Å². The van der Waals surface area contributed by atoms with Crippen molar-refractivity contribution in [2.45, 2.75) is 45.1 Å². The second-order valence-electron chi connectivity index (χ2n) is 10.4. The summed E-state index contributed by atoms with van der Waals surface area (Å²) in [5.74, 6) is -0.894. The van der Waals surface area contributed by atoms with E-state index in [-0.39, 0.29) is 6.04 Å². The van der Waals surface area contributed by atoms with Crippen molar-refractivity contribution >= 4 is 17.3 Å². The molecule has 2 aliphatic heterocycles. The van der Waals surface area contributed by atoms with Gasteiger partial charge in [-0.1, -0.05) is 42.5 Å². The first kappa shape index (κ1) is 24.4. The van der Waals surface area contributed by atoms with Crippen LogP contribution in [0.1, 0.15) is 57.1 Å². The molecule has 5 heteroatoms. The van der Waals surface area contributed by atoms with Crippen LogP contribution in [0.2, 0.25) is 0 Å². The Morgan fingerprint density at radius 2 is 1.95 bits per heavy atom. The number of anilines is 2. The van der Waals surface area contributed by atoms with Crippen molar-refractivity contribution < 1.29 is 9.90 Å². The predicted octanol–water partition coefficient (Wildman–Crippen LogP) is 6.66. The molecule has 192 valence electrons. The number of aromatic carboxylic acids is 1. The molecule has 0 saturated heterocycles. The number of carbonyl (C=O) groups is 1. The van der Waals surface area contributed by atoms with E-state index in [0.717, 1.165) is 37.9 Å². The topological polar surface area (TPSA) is 65.5 Å². The van der Waals surface area contributed by atoms with Crippen LogP contribution >= 0.6 is 0 Å². The number of benzene rings is 3. The lowest BCUT2D eigenvalue weighted by molar-refractivity contribution is 0.0695. The molecule has 0 amide bonds. The fourth-order valence-corrected chi connectivity index (χ4v) is 6.15. The number of rotatable bonds is 6. The van der Waals surface area contributed by atoms with Crippen LogP contribution in [0.25, 0.3) is 11.1 Å². The van der Waals surface area contributed by atoms with Gasteiger partial charge in [0.25, 0.3) is 0 Å². The van der Waals surface area contributed by atoms with Gasteiger partial charge >= 0.3 is 5.97 Å². The van der Waals surface area contributed by atoms with Crippen LogP contribution < -0.4 is 10.2 Å². The second kappa shape index (κ2) is 10.4. The molecular formula is C33H33N3O2. The SMILES string of the molecule is Cc1cc(N2CCCc3ccccc32)ccc1-c1ccc2c(c1)CCN[C@H]2CCc1cnccc1C(=O)O. The molecule has 2 N–H and O–H groups in total. The van der Waals surface area contributed by atoms with Gasteiger partial charge in [-0.25, -0.2) is 4.79 Å². The summed E-state index contributed by atoms with van der Waals surface area (Å²) in [5, 5.41) is 13.2. The minimum absolute atomic E-state index is 0.206. The van der Waals surface area contributed by atoms with E-state index < -0.39 is 5.97 Å². The maximum Gasteiger partial charge on any atom is 0.336 e. The Balaban J connectivity index is 1.23. The first-order chi connectivity index (χ1) is 18.6. The summed E-state index contributed by atoms with van der Waals surface area (Å²) in [5.41, 5.74) is 11.7. The third-order valence-corrected chi connectivity index (χ3v) is 8.08. The quantitative estimate of drug-likeness (QED) is 0.308. The Kier molecular flexibility index (Phi) is 6.69. The number of hydrogen-bond acceptors (Lipinski definition) is 4. The van der Waals surface area contributed by atoms with Crippen molar-refractivity contribution in [2.24, 2.45) is 0 Å². The molecule has 3 heterocycles. The largest absolute Gasteiger partial charge is 0.478 e. The highest BCUT2D eigenvalue weighted by Crippen LogP contribution is 2.37. The van der Waals surface area contributed by atoms with Crippen molar-refractivity contribution in [1.82, 2.24) is 10.3 Å². The lowest BCUT2D eigenvalue weighted by atomic mass is 9.87. The number of para-hydroxylation sites is 1. The number of carboxylic acids is 1. The third-order valence-electron chi connectivity index (χ3n) is 8.08. The number of pyridine rings is 1. The van der Waals surface area contributed by atoms with Gasteiger partial charge in [0, 0.05) is 36.4 Å². The molecule has 1 atom stereocenters. The summed E-state index contributed by atoms with van der Waals surface area (Å²) in [6, 6.07) is 24.3. The first-order valence-corrected chi connectivity index (χ1v) is 13.6. The Labute approximate surface area is 224 Å². The molecule has 38 heavy (non-hydrogen) atoms. The Morgan fingerprint density at radius 3 is 2.82 bits per heavy atom. The minimum Gasteiger partial charge on any atom is -0.478 e. The first-order valence-electron chi connectivity index (χ1n) is 13.6. The lowest BCUT2D eigenvalue weighted by Gasteiger charge is -2.32. The molecule has 5 nitrogen and oxygen atoms in total. The van der Waals surface area contributed by atoms with E-state index in [1.54, 1.807) is 18.5 Å². The minimum atomic E-state index is -0.894. The zero-order valence-electron chi connectivity index (χ0n) is 21.8. The van der Waals surface area contributed by atoms with Crippen molar-refractivity contribution in [3.63, 3.8) is 0 Å². The van der Waals surface area contributed by atoms with Gasteiger partial charge in [-0.2, -0.15) is 0 Å². The molecule has 2 aliphatic rings. The highest BCUT2D eigenvalue weighted by molar-refractivity contribution is 5.89. The van der Waals surface area contributed by atoms with Gasteiger partial charge in [0.15, 0.2) is 0 Å². The number of carboxylic acid groups (broad SMARTS) is 1. The molecule has 0 radical (unpaired) electrons. The van der Waals surface area contributed by atoms with E-state index in [1.165, 1.54) is 51.2 Å². The van der Waals surface area contributed by atoms with Crippen molar-refractivity contribution in [1.29, 1.82) is 0 Å². The molecule has 3 aromatic carbocycles. The molecule has 0 saturated carbocycles. The summed E-state index contributed by atoms with van der Waals surface area (Å²) in [4.78, 5) is 18.2. The van der Waals surface area contributed by atoms with Gasteiger partial charge < -0.3 is 15.3 Å². The summed E-state index contributed by atoms with van der Waals surface area (Å²) in [6.45, 7) is 4.19. The van der Waals surface area contributed by atoms with Crippen LogP contribution in [-0.4, -0.2) is 29.1 Å². The zero-order chi connectivity index (χ0) is 26.1. The average molecular weight is 504 g/mol. The molecule has 0 fully saturated rings. The van der Waals surface area contributed by atoms with Crippen molar-refractivity contribution in [3.05, 3.63) is 113 Å². The summed E-state index contributed by atoms with van der Waals surface area (Å²) in [6.07, 6.45) is 8.06. The molecule has 0 bridgehead atoms. The van der Waals surface area contributed by atoms with Gasteiger partial charge in [0.05, 0.1) is 5.56 Å². The van der Waals surface area contributed by atoms with Crippen LogP contribution in [0.5, 0.6) is 0 Å². The van der Waals surface area contributed by atoms with Gasteiger partial charge in [-0.15, -0.1) is 0 Å². The smallest absolute Gasteiger partial charge is 0.336 e. The van der Waals surface area contributed by atoms with E-state index in [0.29, 0.717) is 12.0 Å². The predicted molar refractivity (Wildman–Crippen MR) is 152 cm³/mol. The molecule has 0 unspecified atom stereocenters. The highest BCUT2D eigenvalue weighted by Gasteiger charge is 2.22. The van der Waals surface area contributed by atoms with E-state index in [9.17, 15) is 9.90 Å². The standard InChI is InChI=1S/C33H33N3O2/c1-22-19-27(36-18-4-6-23-5-2-3-7-32(23)36)10-12-28(22)24-8-11-29-25(20-24)14-17-35-31(29)13-9-26-21-34-16-15-30(26)33(37)38/h2-3,5,7-8,10-12,15-16,19-21,31,35H,4,6,9,13-14,17-18H2,1H3,(H,37,38)/t31-/m0/s1. The molecule has 4 aromatic rings. The van der Waals surface area contributed by atoms with Crippen LogP contribution in [0.4, 0.5) is 11.4 Å². The Bertz CT molecular complexity index is 1500. The summed E-state index contributed by atoms with van der Waals surface area (Å²) < 4.78 is 0. The molecule has 1 aromatic heterocycles. The second-order valence-corrected chi connectivity index (χ2v) is 10.4. The number of nitrogens with zero attached hydrogens (tertiary/aromatic N) is 2. The van der Waals surface area contributed by atoms with E-state index >= 15 is 0 Å². The summed E-state index contributed by atoms with van der Waals surface area (Å²) in [7, 11) is 0. The van der Waals surface area contributed by atoms with Gasteiger partial charge in [-0.05, 0) is 109 Å². The maximum atomic E-state index is 11.6. The maximum absolute atomic E-state index is 11.6. The fraction of sp³-hybridized carbons (Fsp3) is 0.273. The van der Waals surface area contributed by atoms with Crippen LogP contribution in [0, 0.1) is 6.92 Å². The summed E-state index contributed by atoms with van der Waals surface area (Å²) >= 11 is 0. The normalized spacial score (nSPS) is 16.6. The molecule has 0 aliphatic carbocycles. The average Bonchev–Trinajstić information content (AvgIpc) is 2.95. The van der Waals surface area contributed by atoms with E-state index in [2.05, 4.69) is 82.8 Å². The Morgan fingerprint density at radius 1 is 1.05 bits per heavy atom. The number of nitrogens with one attached hydrogen (secondary N) is 1. The van der Waals surface area contributed by atoms with Gasteiger partial charge in [-0.3, -0.25) is 4.98 Å². The number of fused-ring (bicyclic) bond motifs is 2. The molecule has 6 rings (SSSR count). The molecule has 0 spiro atoms. The molecular weight excluding hydrogens is 470 g/mol. The van der Waals surface area contributed by atoms with E-state index in [1.807, 2.05) is 0 Å². The number of hydrogen-bond donors (Lipinski definition) is 2. The van der Waals surface area contributed by atoms with Gasteiger partial charge in [0.2, 0.25) is 0 Å². The van der Waals surface area contributed by atoms with Crippen LogP contribution in [-0.2, 0) is 19.3 Å².